The number of carboxylic acids is 1. The predicted molar refractivity (Wildman–Crippen MR) is 68.5 cm³/mol. The molecule has 1 amide bonds. The zero-order chi connectivity index (χ0) is 14.0. The largest absolute Gasteiger partial charge is 0.478 e. The summed E-state index contributed by atoms with van der Waals surface area (Å²) in [6.07, 6.45) is 0. The Balaban J connectivity index is 2.46. The summed E-state index contributed by atoms with van der Waals surface area (Å²) in [5.74, 6) is -1.67. The normalized spacial score (nSPS) is 10.2. The van der Waals surface area contributed by atoms with Crippen molar-refractivity contribution in [3.8, 4) is 0 Å². The van der Waals surface area contributed by atoms with Crippen molar-refractivity contribution in [1.82, 2.24) is 14.8 Å². The average Bonchev–Trinajstić information content (AvgIpc) is 2.83. The summed E-state index contributed by atoms with van der Waals surface area (Å²) < 4.78 is 3.52. The van der Waals surface area contributed by atoms with Crippen molar-refractivity contribution in [2.75, 3.05) is 5.32 Å². The molecule has 2 N–H and O–H groups in total. The molecule has 0 radical (unpaired) electrons. The Morgan fingerprint density at radius 1 is 1.21 bits per heavy atom. The van der Waals surface area contributed by atoms with Gasteiger partial charge < -0.3 is 5.11 Å². The van der Waals surface area contributed by atoms with E-state index in [0.29, 0.717) is 11.1 Å². The van der Waals surface area contributed by atoms with Gasteiger partial charge in [-0.05, 0) is 30.2 Å². The van der Waals surface area contributed by atoms with Crippen molar-refractivity contribution < 1.29 is 14.7 Å². The molecular weight excluding hydrogens is 268 g/mol. The van der Waals surface area contributed by atoms with Crippen molar-refractivity contribution >= 4 is 28.5 Å². The lowest BCUT2D eigenvalue weighted by atomic mass is 9.96. The lowest BCUT2D eigenvalue weighted by molar-refractivity contribution is 0.0691. The minimum Gasteiger partial charge on any atom is -0.478 e. The number of aryl methyl sites for hydroxylation is 2. The number of carbonyl (C=O) groups excluding carboxylic acids is 1. The Labute approximate surface area is 112 Å². The van der Waals surface area contributed by atoms with Crippen LogP contribution in [0, 0.1) is 13.8 Å². The summed E-state index contributed by atoms with van der Waals surface area (Å²) in [5, 5.41) is 18.9. The number of carboxylic acid groups (broad SMARTS) is 1. The average molecular weight is 278 g/mol. The molecule has 0 aliphatic carbocycles. The fourth-order valence-corrected chi connectivity index (χ4v) is 2.08. The molecule has 2 aromatic rings. The zero-order valence-corrected chi connectivity index (χ0v) is 11.0. The fraction of sp³-hybridized carbons (Fsp3) is 0.182. The number of hydrogen-bond acceptors (Lipinski definition) is 6. The van der Waals surface area contributed by atoms with Gasteiger partial charge in [-0.3, -0.25) is 10.1 Å². The summed E-state index contributed by atoms with van der Waals surface area (Å²) in [5.41, 5.74) is 1.23. The molecule has 0 saturated heterocycles. The van der Waals surface area contributed by atoms with E-state index in [4.69, 9.17) is 0 Å². The molecule has 8 heteroatoms. The van der Waals surface area contributed by atoms with Crippen molar-refractivity contribution in [2.24, 2.45) is 0 Å². The molecular formula is C11H10N4O3S. The molecule has 0 unspecified atom stereocenters. The zero-order valence-electron chi connectivity index (χ0n) is 10.2. The molecule has 0 aliphatic rings. The molecule has 0 bridgehead atoms. The van der Waals surface area contributed by atoms with E-state index in [0.717, 1.165) is 11.5 Å². The topological polar surface area (TPSA) is 105 Å². The van der Waals surface area contributed by atoms with Crippen LogP contribution in [0.3, 0.4) is 0 Å². The number of carbonyl (C=O) groups is 2. The van der Waals surface area contributed by atoms with Gasteiger partial charge in [0.05, 0.1) is 11.1 Å². The third-order valence-corrected chi connectivity index (χ3v) is 3.09. The maximum absolute atomic E-state index is 12.1. The van der Waals surface area contributed by atoms with E-state index in [-0.39, 0.29) is 16.3 Å². The van der Waals surface area contributed by atoms with Crippen LogP contribution in [0.15, 0.2) is 12.1 Å². The highest BCUT2D eigenvalue weighted by molar-refractivity contribution is 7.09. The van der Waals surface area contributed by atoms with Gasteiger partial charge in [0.1, 0.15) is 0 Å². The number of benzene rings is 1. The minimum absolute atomic E-state index is 0.00465. The summed E-state index contributed by atoms with van der Waals surface area (Å²) >= 11 is 0.919. The molecule has 1 aromatic heterocycles. The SMILES string of the molecule is Cc1ccc(C)c(C(=O)Nc2nnns2)c1C(=O)O. The molecule has 98 valence electrons. The Morgan fingerprint density at radius 2 is 1.84 bits per heavy atom. The maximum atomic E-state index is 12.1. The van der Waals surface area contributed by atoms with Gasteiger partial charge in [-0.1, -0.05) is 21.7 Å². The van der Waals surface area contributed by atoms with Gasteiger partial charge in [0, 0.05) is 11.5 Å². The molecule has 19 heavy (non-hydrogen) atoms. The molecule has 0 spiro atoms. The molecule has 0 saturated carbocycles. The Hall–Kier alpha value is -2.35. The number of nitrogens with zero attached hydrogens (tertiary/aromatic N) is 3. The first-order chi connectivity index (χ1) is 9.00. The summed E-state index contributed by atoms with van der Waals surface area (Å²) in [4.78, 5) is 23.4. The maximum Gasteiger partial charge on any atom is 0.336 e. The number of aromatic nitrogens is 3. The quantitative estimate of drug-likeness (QED) is 0.881. The van der Waals surface area contributed by atoms with Gasteiger partial charge in [0.2, 0.25) is 5.13 Å². The number of amides is 1. The standard InChI is InChI=1S/C11H10N4O3S/c1-5-3-4-6(2)8(10(17)18)7(5)9(16)12-11-13-14-15-19-11/h3-4H,1-2H3,(H,17,18)(H,12,13,15,16). The predicted octanol–water partition coefficient (Wildman–Crippen LogP) is 1.50. The van der Waals surface area contributed by atoms with Crippen molar-refractivity contribution in [1.29, 1.82) is 0 Å². The van der Waals surface area contributed by atoms with E-state index in [9.17, 15) is 14.7 Å². The highest BCUT2D eigenvalue weighted by Gasteiger charge is 2.22. The third kappa shape index (κ3) is 2.58. The molecule has 1 aromatic carbocycles. The lowest BCUT2D eigenvalue weighted by Gasteiger charge is -2.11. The van der Waals surface area contributed by atoms with Crippen LogP contribution in [-0.2, 0) is 0 Å². The van der Waals surface area contributed by atoms with Crippen LogP contribution >= 0.6 is 11.5 Å². The van der Waals surface area contributed by atoms with Gasteiger partial charge in [0.25, 0.3) is 5.91 Å². The van der Waals surface area contributed by atoms with Crippen molar-refractivity contribution in [3.63, 3.8) is 0 Å². The van der Waals surface area contributed by atoms with Gasteiger partial charge >= 0.3 is 5.97 Å². The number of nitrogens with one attached hydrogen (secondary N) is 1. The first kappa shape index (κ1) is 13.1. The molecule has 1 heterocycles. The highest BCUT2D eigenvalue weighted by Crippen LogP contribution is 2.20. The van der Waals surface area contributed by atoms with Crippen molar-refractivity contribution in [2.45, 2.75) is 13.8 Å². The van der Waals surface area contributed by atoms with Crippen LogP contribution in [0.4, 0.5) is 5.13 Å². The van der Waals surface area contributed by atoms with Crippen LogP contribution in [-0.4, -0.2) is 31.8 Å². The van der Waals surface area contributed by atoms with Gasteiger partial charge in [0.15, 0.2) is 0 Å². The second-order valence-corrected chi connectivity index (χ2v) is 4.61. The minimum atomic E-state index is -1.14. The number of rotatable bonds is 3. The molecule has 0 fully saturated rings. The van der Waals surface area contributed by atoms with E-state index in [2.05, 4.69) is 20.1 Å². The first-order valence-corrected chi connectivity index (χ1v) is 6.08. The molecule has 0 aliphatic heterocycles. The molecule has 2 rings (SSSR count). The smallest absolute Gasteiger partial charge is 0.336 e. The van der Waals surface area contributed by atoms with Gasteiger partial charge in [-0.15, -0.1) is 0 Å². The Kier molecular flexibility index (Phi) is 3.52. The van der Waals surface area contributed by atoms with E-state index >= 15 is 0 Å². The summed E-state index contributed by atoms with van der Waals surface area (Å²) in [6, 6.07) is 3.37. The van der Waals surface area contributed by atoms with Crippen LogP contribution in [0.25, 0.3) is 0 Å². The van der Waals surface area contributed by atoms with Crippen LogP contribution in [0.1, 0.15) is 31.8 Å². The van der Waals surface area contributed by atoms with E-state index in [1.807, 2.05) is 0 Å². The monoisotopic (exact) mass is 278 g/mol. The molecule has 0 atom stereocenters. The Bertz CT molecular complexity index is 640. The van der Waals surface area contributed by atoms with Gasteiger partial charge in [-0.2, -0.15) is 0 Å². The summed E-state index contributed by atoms with van der Waals surface area (Å²) in [7, 11) is 0. The first-order valence-electron chi connectivity index (χ1n) is 5.30. The fourth-order valence-electron chi connectivity index (χ4n) is 1.72. The van der Waals surface area contributed by atoms with Crippen LogP contribution in [0.5, 0.6) is 0 Å². The molecule has 7 nitrogen and oxygen atoms in total. The van der Waals surface area contributed by atoms with E-state index in [1.54, 1.807) is 26.0 Å². The second kappa shape index (κ2) is 5.11. The Morgan fingerprint density at radius 3 is 2.37 bits per heavy atom. The number of aromatic carboxylic acids is 1. The van der Waals surface area contributed by atoms with E-state index in [1.165, 1.54) is 0 Å². The number of hydrogen-bond donors (Lipinski definition) is 2. The highest BCUT2D eigenvalue weighted by atomic mass is 32.1. The van der Waals surface area contributed by atoms with E-state index < -0.39 is 11.9 Å². The summed E-state index contributed by atoms with van der Waals surface area (Å²) in [6.45, 7) is 3.32. The second-order valence-electron chi connectivity index (χ2n) is 3.88. The van der Waals surface area contributed by atoms with Gasteiger partial charge in [-0.25, -0.2) is 4.79 Å². The number of anilines is 1. The third-order valence-electron chi connectivity index (χ3n) is 2.58. The van der Waals surface area contributed by atoms with Crippen LogP contribution < -0.4 is 5.32 Å². The van der Waals surface area contributed by atoms with Crippen LogP contribution in [0.2, 0.25) is 0 Å². The lowest BCUT2D eigenvalue weighted by Crippen LogP contribution is -2.19. The van der Waals surface area contributed by atoms with Crippen molar-refractivity contribution in [3.05, 3.63) is 34.4 Å².